The first-order valence-electron chi connectivity index (χ1n) is 10.3. The number of piperazine rings is 1. The maximum Gasteiger partial charge on any atom is 0.276 e. The molecule has 0 atom stereocenters. The molecule has 0 spiro atoms. The first kappa shape index (κ1) is 22.4. The molecule has 1 fully saturated rings. The number of halogens is 2. The third-order valence-corrected chi connectivity index (χ3v) is 5.32. The van der Waals surface area contributed by atoms with Gasteiger partial charge in [0.15, 0.2) is 11.6 Å². The maximum atomic E-state index is 14.8. The highest BCUT2D eigenvalue weighted by atomic mass is 19.1. The van der Waals surface area contributed by atoms with Gasteiger partial charge in [0.05, 0.1) is 23.1 Å². The molecule has 1 amide bonds. The summed E-state index contributed by atoms with van der Waals surface area (Å²) in [6.45, 7) is 3.21. The van der Waals surface area contributed by atoms with Gasteiger partial charge in [-0.05, 0) is 37.4 Å². The Morgan fingerprint density at radius 1 is 1.03 bits per heavy atom. The number of aromatic nitrogens is 2. The Labute approximate surface area is 189 Å². The molecule has 4 N–H and O–H groups in total. The fraction of sp³-hybridized carbons (Fsp3) is 0.227. The molecule has 0 unspecified atom stereocenters. The zero-order valence-corrected chi connectivity index (χ0v) is 17.8. The Morgan fingerprint density at radius 2 is 1.79 bits per heavy atom. The van der Waals surface area contributed by atoms with E-state index in [0.717, 1.165) is 32.4 Å². The van der Waals surface area contributed by atoms with Crippen LogP contribution in [0, 0.1) is 11.6 Å². The van der Waals surface area contributed by atoms with Gasteiger partial charge in [-0.1, -0.05) is 12.1 Å². The molecule has 2 aromatic carbocycles. The molecule has 1 aromatic heterocycles. The van der Waals surface area contributed by atoms with Gasteiger partial charge in [0.1, 0.15) is 5.82 Å². The Kier molecular flexibility index (Phi) is 6.61. The number of hydrogen-bond donors (Lipinski definition) is 4. The Morgan fingerprint density at radius 3 is 2.52 bits per heavy atom. The van der Waals surface area contributed by atoms with Gasteiger partial charge >= 0.3 is 0 Å². The fourth-order valence-electron chi connectivity index (χ4n) is 3.51. The van der Waals surface area contributed by atoms with Crippen molar-refractivity contribution < 1.29 is 18.8 Å². The minimum atomic E-state index is -0.762. The average Bonchev–Trinajstić information content (AvgIpc) is 2.82. The lowest BCUT2D eigenvalue weighted by Gasteiger charge is -2.34. The summed E-state index contributed by atoms with van der Waals surface area (Å²) >= 11 is 0. The van der Waals surface area contributed by atoms with Crippen LogP contribution in [-0.4, -0.2) is 59.2 Å². The second-order valence-electron chi connectivity index (χ2n) is 7.58. The van der Waals surface area contributed by atoms with E-state index in [0.29, 0.717) is 11.4 Å². The lowest BCUT2D eigenvalue weighted by Crippen LogP contribution is -2.44. The Balaban J connectivity index is 1.52. The number of amides is 1. The number of anilines is 5. The molecule has 0 saturated carbocycles. The lowest BCUT2D eigenvalue weighted by atomic mass is 10.1. The van der Waals surface area contributed by atoms with Crippen LogP contribution in [-0.2, 0) is 0 Å². The number of carbonyl (C=O) groups excluding carboxylic acids is 1. The topological polar surface area (TPSA) is 106 Å². The smallest absolute Gasteiger partial charge is 0.276 e. The first-order chi connectivity index (χ1) is 15.9. The van der Waals surface area contributed by atoms with Crippen LogP contribution in [0.1, 0.15) is 10.4 Å². The molecule has 172 valence electrons. The van der Waals surface area contributed by atoms with Crippen molar-refractivity contribution in [3.63, 3.8) is 0 Å². The molecule has 0 bridgehead atoms. The normalized spacial score (nSPS) is 14.1. The van der Waals surface area contributed by atoms with Crippen LogP contribution < -0.4 is 21.0 Å². The minimum Gasteiger partial charge on any atom is -0.367 e. The van der Waals surface area contributed by atoms with Crippen molar-refractivity contribution in [1.82, 2.24) is 20.3 Å². The highest BCUT2D eigenvalue weighted by molar-refractivity contribution is 5.99. The van der Waals surface area contributed by atoms with Crippen molar-refractivity contribution >= 4 is 34.7 Å². The second-order valence-corrected chi connectivity index (χ2v) is 7.58. The molecular formula is C22H23F2N7O2. The van der Waals surface area contributed by atoms with Gasteiger partial charge in [-0.2, -0.15) is 4.98 Å². The van der Waals surface area contributed by atoms with Crippen LogP contribution in [0.2, 0.25) is 0 Å². The minimum absolute atomic E-state index is 0.0368. The lowest BCUT2D eigenvalue weighted by molar-refractivity contribution is 0.0707. The predicted molar refractivity (Wildman–Crippen MR) is 120 cm³/mol. The molecule has 0 aliphatic carbocycles. The molecule has 0 radical (unpaired) electrons. The predicted octanol–water partition coefficient (Wildman–Crippen LogP) is 3.11. The van der Waals surface area contributed by atoms with E-state index >= 15 is 0 Å². The summed E-state index contributed by atoms with van der Waals surface area (Å²) in [7, 11) is 2.03. The van der Waals surface area contributed by atoms with E-state index in [-0.39, 0.29) is 28.8 Å². The molecule has 3 aromatic rings. The summed E-state index contributed by atoms with van der Waals surface area (Å²) in [4.78, 5) is 24.0. The summed E-state index contributed by atoms with van der Waals surface area (Å²) in [5.74, 6) is -2.05. The largest absolute Gasteiger partial charge is 0.367 e. The molecule has 1 aliphatic heterocycles. The number of hydrogen-bond acceptors (Lipinski definition) is 8. The van der Waals surface area contributed by atoms with Crippen LogP contribution in [0.3, 0.4) is 0 Å². The number of rotatable bonds is 6. The van der Waals surface area contributed by atoms with Crippen molar-refractivity contribution in [2.24, 2.45) is 0 Å². The van der Waals surface area contributed by atoms with Crippen molar-refractivity contribution in [2.45, 2.75) is 0 Å². The summed E-state index contributed by atoms with van der Waals surface area (Å²) in [6, 6.07) is 11.0. The van der Waals surface area contributed by atoms with Crippen LogP contribution in [0.15, 0.2) is 48.7 Å². The summed E-state index contributed by atoms with van der Waals surface area (Å²) in [6.07, 6.45) is 0.960. The number of nitrogens with zero attached hydrogens (tertiary/aromatic N) is 4. The molecule has 1 aliphatic rings. The summed E-state index contributed by atoms with van der Waals surface area (Å²) in [5, 5.41) is 14.5. The van der Waals surface area contributed by atoms with Crippen molar-refractivity contribution in [1.29, 1.82) is 0 Å². The van der Waals surface area contributed by atoms with E-state index in [1.165, 1.54) is 18.2 Å². The van der Waals surface area contributed by atoms with E-state index in [2.05, 4.69) is 25.5 Å². The maximum absolute atomic E-state index is 14.8. The molecule has 2 heterocycles. The number of carbonyl (C=O) groups is 1. The van der Waals surface area contributed by atoms with Crippen LogP contribution >= 0.6 is 0 Å². The molecule has 33 heavy (non-hydrogen) atoms. The third kappa shape index (κ3) is 5.16. The molecule has 4 rings (SSSR count). The molecule has 1 saturated heterocycles. The van der Waals surface area contributed by atoms with E-state index in [4.69, 9.17) is 5.21 Å². The van der Waals surface area contributed by atoms with Gasteiger partial charge in [0.25, 0.3) is 5.91 Å². The Hall–Kier alpha value is -3.83. The number of nitrogens with one attached hydrogen (secondary N) is 3. The first-order valence-corrected chi connectivity index (χ1v) is 10.3. The number of hydroxylamine groups is 1. The van der Waals surface area contributed by atoms with Crippen LogP contribution in [0.25, 0.3) is 0 Å². The van der Waals surface area contributed by atoms with E-state index < -0.39 is 11.7 Å². The average molecular weight is 455 g/mol. The van der Waals surface area contributed by atoms with E-state index in [9.17, 15) is 13.6 Å². The monoisotopic (exact) mass is 455 g/mol. The summed E-state index contributed by atoms with van der Waals surface area (Å²) in [5.41, 5.74) is 2.79. The van der Waals surface area contributed by atoms with Crippen molar-refractivity contribution in [3.8, 4) is 0 Å². The van der Waals surface area contributed by atoms with Crippen molar-refractivity contribution in [2.75, 3.05) is 48.8 Å². The second kappa shape index (κ2) is 9.76. The van der Waals surface area contributed by atoms with Gasteiger partial charge in [0, 0.05) is 31.9 Å². The standard InChI is InChI=1S/C22H23F2N7O2/c1-30-8-10-31(11-9-30)19-7-6-14(12-16(19)23)26-22-25-13-17(24)20(28-22)27-18-5-3-2-4-15(18)21(32)29-33/h2-7,12-13,33H,8-11H2,1H3,(H,29,32)(H2,25,26,27,28). The van der Waals surface area contributed by atoms with Crippen LogP contribution in [0.5, 0.6) is 0 Å². The SMILES string of the molecule is CN1CCN(c2ccc(Nc3ncc(F)c(Nc4ccccc4C(=O)NO)n3)cc2F)CC1. The van der Waals surface area contributed by atoms with Crippen molar-refractivity contribution in [3.05, 3.63) is 65.9 Å². The summed E-state index contributed by atoms with van der Waals surface area (Å²) < 4.78 is 29.1. The third-order valence-electron chi connectivity index (χ3n) is 5.32. The number of para-hydroxylation sites is 1. The Bertz CT molecular complexity index is 1150. The zero-order valence-electron chi connectivity index (χ0n) is 17.8. The van der Waals surface area contributed by atoms with Gasteiger partial charge in [-0.3, -0.25) is 10.0 Å². The quantitative estimate of drug-likeness (QED) is 0.332. The van der Waals surface area contributed by atoms with E-state index in [1.807, 2.05) is 11.9 Å². The van der Waals surface area contributed by atoms with Gasteiger partial charge < -0.3 is 20.4 Å². The van der Waals surface area contributed by atoms with Gasteiger partial charge in [0.2, 0.25) is 5.95 Å². The molecule has 11 heteroatoms. The number of benzene rings is 2. The van der Waals surface area contributed by atoms with Gasteiger partial charge in [-0.15, -0.1) is 0 Å². The van der Waals surface area contributed by atoms with E-state index in [1.54, 1.807) is 29.7 Å². The highest BCUT2D eigenvalue weighted by Gasteiger charge is 2.18. The molecule has 9 nitrogen and oxygen atoms in total. The fourth-order valence-corrected chi connectivity index (χ4v) is 3.51. The molecular weight excluding hydrogens is 432 g/mol. The number of likely N-dealkylation sites (N-methyl/N-ethyl adjacent to an activating group) is 1. The van der Waals surface area contributed by atoms with Crippen LogP contribution in [0.4, 0.5) is 37.6 Å². The highest BCUT2D eigenvalue weighted by Crippen LogP contribution is 2.26. The van der Waals surface area contributed by atoms with Gasteiger partial charge in [-0.25, -0.2) is 19.2 Å². The zero-order chi connectivity index (χ0) is 23.4.